The van der Waals surface area contributed by atoms with Crippen LogP contribution in [-0.2, 0) is 19.6 Å². The average Bonchev–Trinajstić information content (AvgIpc) is 3.34. The zero-order valence-corrected chi connectivity index (χ0v) is 16.6. The summed E-state index contributed by atoms with van der Waals surface area (Å²) in [5.41, 5.74) is 0.840. The van der Waals surface area contributed by atoms with E-state index in [0.717, 1.165) is 25.5 Å². The number of hydrogen-bond donors (Lipinski definition) is 3. The minimum Gasteiger partial charge on any atom is -0.342 e. The van der Waals surface area contributed by atoms with E-state index < -0.39 is 27.3 Å². The lowest BCUT2D eigenvalue weighted by molar-refractivity contribution is -0.149. The molecule has 8 nitrogen and oxygen atoms in total. The van der Waals surface area contributed by atoms with Crippen LogP contribution in [0.3, 0.4) is 0 Å². The molecule has 0 radical (unpaired) electrons. The smallest absolute Gasteiger partial charge is 0.247 e. The Kier molecular flexibility index (Phi) is 6.68. The number of carbonyl (C=O) groups is 2. The minimum absolute atomic E-state index is 0.0242. The summed E-state index contributed by atoms with van der Waals surface area (Å²) < 4.78 is 25.0. The first kappa shape index (κ1) is 21.1. The van der Waals surface area contributed by atoms with Gasteiger partial charge in [-0.15, -0.1) is 0 Å². The number of sulfonamides is 1. The topological polar surface area (TPSA) is 116 Å². The van der Waals surface area contributed by atoms with E-state index in [0.29, 0.717) is 19.5 Å². The van der Waals surface area contributed by atoms with E-state index in [4.69, 9.17) is 0 Å². The molecule has 1 aliphatic heterocycles. The number of likely N-dealkylation sites (tertiary alicyclic amines) is 1. The Labute approximate surface area is 155 Å². The molecule has 26 heavy (non-hydrogen) atoms. The molecule has 1 heterocycles. The Balaban J connectivity index is 2.25. The number of carbonyl (C=O) groups excluding carboxylic acids is 2. The number of amides is 2. The zero-order valence-electron chi connectivity index (χ0n) is 15.8. The molecule has 0 spiro atoms. The maximum Gasteiger partial charge on any atom is 0.247 e. The highest BCUT2D eigenvalue weighted by Gasteiger charge is 2.67. The second-order valence-electron chi connectivity index (χ2n) is 7.93. The van der Waals surface area contributed by atoms with E-state index in [1.807, 2.05) is 18.7 Å². The van der Waals surface area contributed by atoms with E-state index in [9.17, 15) is 23.2 Å². The molecule has 1 aliphatic carbocycles. The summed E-state index contributed by atoms with van der Waals surface area (Å²) in [6, 6.07) is 0. The van der Waals surface area contributed by atoms with E-state index in [1.165, 1.54) is 0 Å². The standard InChI is InChI=1S/C17H31N3O5S/c1-12(2)14-11-17(14,16(22)20-9-5-4-6-10-20)13(15(21)19-23)7-8-18-26(3,24)25/h12-14,18,23H,4-11H2,1-3H3,(H,19,21)/t13?,14-,17-/m0/s1. The van der Waals surface area contributed by atoms with E-state index in [-0.39, 0.29) is 30.7 Å². The molecule has 2 aliphatic rings. The Morgan fingerprint density at radius 1 is 1.23 bits per heavy atom. The number of nitrogens with one attached hydrogen (secondary N) is 2. The SMILES string of the molecule is CC(C)[C@@H]1C[C@]1(C(=O)N1CCCCC1)C(CCNS(C)(=O)=O)C(=O)NO. The lowest BCUT2D eigenvalue weighted by Crippen LogP contribution is -2.48. The fourth-order valence-electron chi connectivity index (χ4n) is 4.41. The molecular weight excluding hydrogens is 358 g/mol. The third kappa shape index (κ3) is 4.55. The molecule has 2 amide bonds. The first-order chi connectivity index (χ1) is 12.1. The van der Waals surface area contributed by atoms with Crippen molar-refractivity contribution < 1.29 is 23.2 Å². The number of piperidine rings is 1. The van der Waals surface area contributed by atoms with Gasteiger partial charge in [-0.05, 0) is 43.9 Å². The van der Waals surface area contributed by atoms with Gasteiger partial charge in [0, 0.05) is 19.6 Å². The van der Waals surface area contributed by atoms with Crippen LogP contribution in [0.1, 0.15) is 46.0 Å². The first-order valence-electron chi connectivity index (χ1n) is 9.31. The molecule has 1 saturated carbocycles. The van der Waals surface area contributed by atoms with Crippen molar-refractivity contribution in [1.82, 2.24) is 15.1 Å². The van der Waals surface area contributed by atoms with Crippen LogP contribution < -0.4 is 10.2 Å². The molecule has 0 aromatic carbocycles. The highest BCUT2D eigenvalue weighted by atomic mass is 32.2. The molecule has 0 bridgehead atoms. The first-order valence-corrected chi connectivity index (χ1v) is 11.2. The summed E-state index contributed by atoms with van der Waals surface area (Å²) in [4.78, 5) is 27.6. The highest BCUT2D eigenvalue weighted by Crippen LogP contribution is 2.63. The van der Waals surface area contributed by atoms with Crippen molar-refractivity contribution in [2.24, 2.45) is 23.2 Å². The summed E-state index contributed by atoms with van der Waals surface area (Å²) in [6.07, 6.45) is 4.83. The predicted octanol–water partition coefficient (Wildman–Crippen LogP) is 0.722. The van der Waals surface area contributed by atoms with Crippen molar-refractivity contribution in [3.8, 4) is 0 Å². The van der Waals surface area contributed by atoms with Gasteiger partial charge in [0.05, 0.1) is 17.6 Å². The van der Waals surface area contributed by atoms with Crippen molar-refractivity contribution in [2.45, 2.75) is 46.0 Å². The molecule has 0 aromatic rings. The molecule has 150 valence electrons. The molecule has 0 aromatic heterocycles. The Hall–Kier alpha value is -1.19. The van der Waals surface area contributed by atoms with Gasteiger partial charge >= 0.3 is 0 Å². The second-order valence-corrected chi connectivity index (χ2v) is 9.76. The number of hydroxylamine groups is 1. The highest BCUT2D eigenvalue weighted by molar-refractivity contribution is 7.88. The number of rotatable bonds is 8. The van der Waals surface area contributed by atoms with Gasteiger partial charge in [-0.1, -0.05) is 13.8 Å². The van der Waals surface area contributed by atoms with Gasteiger partial charge in [-0.2, -0.15) is 0 Å². The molecule has 1 unspecified atom stereocenters. The number of nitrogens with zero attached hydrogens (tertiary/aromatic N) is 1. The van der Waals surface area contributed by atoms with Crippen molar-refractivity contribution in [3.63, 3.8) is 0 Å². The number of hydrogen-bond acceptors (Lipinski definition) is 5. The van der Waals surface area contributed by atoms with Crippen molar-refractivity contribution in [2.75, 3.05) is 25.9 Å². The third-order valence-corrected chi connectivity index (χ3v) is 6.48. The zero-order chi connectivity index (χ0) is 19.5. The van der Waals surface area contributed by atoms with Crippen LogP contribution in [-0.4, -0.2) is 56.2 Å². The summed E-state index contributed by atoms with van der Waals surface area (Å²) in [5.74, 6) is -1.13. The summed E-state index contributed by atoms with van der Waals surface area (Å²) in [5, 5.41) is 9.21. The van der Waals surface area contributed by atoms with Crippen LogP contribution in [0, 0.1) is 23.2 Å². The largest absolute Gasteiger partial charge is 0.342 e. The van der Waals surface area contributed by atoms with Gasteiger partial charge in [0.1, 0.15) is 0 Å². The van der Waals surface area contributed by atoms with Crippen molar-refractivity contribution in [3.05, 3.63) is 0 Å². The summed E-state index contributed by atoms with van der Waals surface area (Å²) in [6.45, 7) is 5.49. The molecule has 3 N–H and O–H groups in total. The van der Waals surface area contributed by atoms with E-state index in [2.05, 4.69) is 4.72 Å². The fraction of sp³-hybridized carbons (Fsp3) is 0.882. The molecule has 9 heteroatoms. The predicted molar refractivity (Wildman–Crippen MR) is 96.7 cm³/mol. The molecule has 2 fully saturated rings. The van der Waals surface area contributed by atoms with Gasteiger partial charge in [-0.25, -0.2) is 18.6 Å². The minimum atomic E-state index is -3.39. The van der Waals surface area contributed by atoms with Gasteiger partial charge in [-0.3, -0.25) is 14.8 Å². The molecule has 1 saturated heterocycles. The molecular formula is C17H31N3O5S. The van der Waals surface area contributed by atoms with Crippen LogP contribution in [0.5, 0.6) is 0 Å². The van der Waals surface area contributed by atoms with Gasteiger partial charge in [0.2, 0.25) is 21.8 Å². The second kappa shape index (κ2) is 8.22. The van der Waals surface area contributed by atoms with Gasteiger partial charge in [0.25, 0.3) is 0 Å². The summed E-state index contributed by atoms with van der Waals surface area (Å²) >= 11 is 0. The quantitative estimate of drug-likeness (QED) is 0.418. The third-order valence-electron chi connectivity index (χ3n) is 5.75. The fourth-order valence-corrected chi connectivity index (χ4v) is 4.90. The van der Waals surface area contributed by atoms with E-state index in [1.54, 1.807) is 5.48 Å². The Morgan fingerprint density at radius 2 is 1.85 bits per heavy atom. The Bertz CT molecular complexity index is 630. The molecule has 2 rings (SSSR count). The van der Waals surface area contributed by atoms with E-state index >= 15 is 0 Å². The summed E-state index contributed by atoms with van der Waals surface area (Å²) in [7, 11) is -3.39. The maximum atomic E-state index is 13.3. The molecule has 3 atom stereocenters. The van der Waals surface area contributed by atoms with Crippen LogP contribution in [0.2, 0.25) is 0 Å². The van der Waals surface area contributed by atoms with Crippen LogP contribution >= 0.6 is 0 Å². The van der Waals surface area contributed by atoms with Gasteiger partial charge < -0.3 is 4.90 Å². The van der Waals surface area contributed by atoms with Crippen molar-refractivity contribution in [1.29, 1.82) is 0 Å². The van der Waals surface area contributed by atoms with Crippen molar-refractivity contribution >= 4 is 21.8 Å². The van der Waals surface area contributed by atoms with Crippen LogP contribution in [0.4, 0.5) is 0 Å². The average molecular weight is 390 g/mol. The maximum absolute atomic E-state index is 13.3. The monoisotopic (exact) mass is 389 g/mol. The normalized spacial score (nSPS) is 27.3. The lowest BCUT2D eigenvalue weighted by atomic mass is 9.80. The Morgan fingerprint density at radius 3 is 2.31 bits per heavy atom. The van der Waals surface area contributed by atoms with Crippen LogP contribution in [0.25, 0.3) is 0 Å². The van der Waals surface area contributed by atoms with Gasteiger partial charge in [0.15, 0.2) is 0 Å². The van der Waals surface area contributed by atoms with Crippen LogP contribution in [0.15, 0.2) is 0 Å². The lowest BCUT2D eigenvalue weighted by Gasteiger charge is -2.35.